The molecule has 1 N–H and O–H groups in total. The number of methoxy groups -OCH3 is 1. The first kappa shape index (κ1) is 12.5. The molecule has 2 rings (SSSR count). The van der Waals surface area contributed by atoms with E-state index in [4.69, 9.17) is 4.74 Å². The largest absolute Gasteiger partial charge is 0.507 e. The third kappa shape index (κ3) is 2.48. The van der Waals surface area contributed by atoms with Gasteiger partial charge in [-0.1, -0.05) is 32.0 Å². The molecule has 0 bridgehead atoms. The van der Waals surface area contributed by atoms with Crippen molar-refractivity contribution in [1.82, 2.24) is 0 Å². The number of ether oxygens (including phenoxy) is 1. The standard InChI is InChI=1S/C16H18O2/c1-11(2)12-7-8-16(17)15(10-12)13-5-4-6-14(9-13)18-3/h4-11,17H,1-3H3. The van der Waals surface area contributed by atoms with Gasteiger partial charge in [-0.3, -0.25) is 0 Å². The number of aromatic hydroxyl groups is 1. The van der Waals surface area contributed by atoms with Crippen molar-refractivity contribution in [2.24, 2.45) is 0 Å². The fourth-order valence-corrected chi connectivity index (χ4v) is 1.93. The van der Waals surface area contributed by atoms with Gasteiger partial charge in [0, 0.05) is 5.56 Å². The second-order valence-electron chi connectivity index (χ2n) is 4.66. The molecule has 0 atom stereocenters. The summed E-state index contributed by atoms with van der Waals surface area (Å²) in [6.07, 6.45) is 0. The highest BCUT2D eigenvalue weighted by atomic mass is 16.5. The molecule has 0 unspecified atom stereocenters. The fraction of sp³-hybridized carbons (Fsp3) is 0.250. The van der Waals surface area contributed by atoms with E-state index < -0.39 is 0 Å². The maximum atomic E-state index is 9.99. The van der Waals surface area contributed by atoms with Crippen molar-refractivity contribution in [1.29, 1.82) is 0 Å². The lowest BCUT2D eigenvalue weighted by molar-refractivity contribution is 0.415. The first-order chi connectivity index (χ1) is 8.61. The van der Waals surface area contributed by atoms with Gasteiger partial charge >= 0.3 is 0 Å². The van der Waals surface area contributed by atoms with Crippen molar-refractivity contribution >= 4 is 0 Å². The number of phenolic OH excluding ortho intramolecular Hbond substituents is 1. The zero-order valence-corrected chi connectivity index (χ0v) is 11.0. The smallest absolute Gasteiger partial charge is 0.123 e. The van der Waals surface area contributed by atoms with Gasteiger partial charge in [-0.25, -0.2) is 0 Å². The van der Waals surface area contributed by atoms with Crippen LogP contribution in [0.15, 0.2) is 42.5 Å². The SMILES string of the molecule is COc1cccc(-c2cc(C(C)C)ccc2O)c1. The Kier molecular flexibility index (Phi) is 3.56. The minimum Gasteiger partial charge on any atom is -0.507 e. The molecule has 2 aromatic rings. The second-order valence-corrected chi connectivity index (χ2v) is 4.66. The lowest BCUT2D eigenvalue weighted by atomic mass is 9.96. The van der Waals surface area contributed by atoms with Gasteiger partial charge in [-0.05, 0) is 41.3 Å². The summed E-state index contributed by atoms with van der Waals surface area (Å²) in [6, 6.07) is 13.5. The lowest BCUT2D eigenvalue weighted by Crippen LogP contribution is -1.89. The molecule has 0 spiro atoms. The Morgan fingerprint density at radius 2 is 1.83 bits per heavy atom. The topological polar surface area (TPSA) is 29.5 Å². The first-order valence-corrected chi connectivity index (χ1v) is 6.09. The molecular formula is C16H18O2. The zero-order valence-electron chi connectivity index (χ0n) is 11.0. The second kappa shape index (κ2) is 5.13. The van der Waals surface area contributed by atoms with Crippen molar-refractivity contribution in [3.63, 3.8) is 0 Å². The molecule has 2 nitrogen and oxygen atoms in total. The third-order valence-electron chi connectivity index (χ3n) is 3.07. The summed E-state index contributed by atoms with van der Waals surface area (Å²) in [5.41, 5.74) is 3.03. The van der Waals surface area contributed by atoms with Crippen LogP contribution in [-0.4, -0.2) is 12.2 Å². The fourth-order valence-electron chi connectivity index (χ4n) is 1.93. The highest BCUT2D eigenvalue weighted by Crippen LogP contribution is 2.33. The summed E-state index contributed by atoms with van der Waals surface area (Å²) in [5.74, 6) is 1.53. The molecule has 0 heterocycles. The summed E-state index contributed by atoms with van der Waals surface area (Å²) >= 11 is 0. The maximum Gasteiger partial charge on any atom is 0.123 e. The van der Waals surface area contributed by atoms with Gasteiger partial charge in [-0.2, -0.15) is 0 Å². The molecule has 0 aliphatic rings. The van der Waals surface area contributed by atoms with Crippen molar-refractivity contribution in [2.45, 2.75) is 19.8 Å². The molecular weight excluding hydrogens is 224 g/mol. The summed E-state index contributed by atoms with van der Waals surface area (Å²) in [4.78, 5) is 0. The molecule has 0 saturated heterocycles. The van der Waals surface area contributed by atoms with Crippen LogP contribution in [0.5, 0.6) is 11.5 Å². The Labute approximate surface area is 108 Å². The van der Waals surface area contributed by atoms with E-state index in [1.807, 2.05) is 36.4 Å². The van der Waals surface area contributed by atoms with Gasteiger partial charge in [0.15, 0.2) is 0 Å². The minimum absolute atomic E-state index is 0.299. The molecule has 2 heteroatoms. The van der Waals surface area contributed by atoms with Crippen LogP contribution in [-0.2, 0) is 0 Å². The average molecular weight is 242 g/mol. The molecule has 0 saturated carbocycles. The monoisotopic (exact) mass is 242 g/mol. The highest BCUT2D eigenvalue weighted by molar-refractivity contribution is 5.72. The summed E-state index contributed by atoms with van der Waals surface area (Å²) in [5, 5.41) is 9.99. The predicted molar refractivity (Wildman–Crippen MR) is 74.2 cm³/mol. The van der Waals surface area contributed by atoms with Crippen LogP contribution in [0, 0.1) is 0 Å². The summed E-state index contributed by atoms with van der Waals surface area (Å²) < 4.78 is 5.21. The Bertz CT molecular complexity index is 545. The van der Waals surface area contributed by atoms with E-state index in [1.54, 1.807) is 13.2 Å². The molecule has 0 fully saturated rings. The van der Waals surface area contributed by atoms with Gasteiger partial charge in [0.05, 0.1) is 7.11 Å². The van der Waals surface area contributed by atoms with Crippen LogP contribution < -0.4 is 4.74 Å². The van der Waals surface area contributed by atoms with Crippen LogP contribution in [0.3, 0.4) is 0 Å². The molecule has 0 aliphatic heterocycles. The number of hydrogen-bond acceptors (Lipinski definition) is 2. The van der Waals surface area contributed by atoms with Crippen LogP contribution in [0.25, 0.3) is 11.1 Å². The zero-order chi connectivity index (χ0) is 13.1. The molecule has 94 valence electrons. The Morgan fingerprint density at radius 1 is 1.06 bits per heavy atom. The third-order valence-corrected chi connectivity index (χ3v) is 3.07. The Hall–Kier alpha value is -1.96. The number of phenols is 1. The Morgan fingerprint density at radius 3 is 2.50 bits per heavy atom. The van der Waals surface area contributed by atoms with Gasteiger partial charge in [0.25, 0.3) is 0 Å². The minimum atomic E-state index is 0.299. The summed E-state index contributed by atoms with van der Waals surface area (Å²) in [7, 11) is 1.64. The molecule has 2 aromatic carbocycles. The molecule has 0 radical (unpaired) electrons. The van der Waals surface area contributed by atoms with Crippen LogP contribution >= 0.6 is 0 Å². The first-order valence-electron chi connectivity index (χ1n) is 6.09. The normalized spacial score (nSPS) is 10.7. The number of hydrogen-bond donors (Lipinski definition) is 1. The van der Waals surface area contributed by atoms with Gasteiger partial charge in [0.1, 0.15) is 11.5 Å². The Balaban J connectivity index is 2.51. The van der Waals surface area contributed by atoms with E-state index in [9.17, 15) is 5.11 Å². The number of benzene rings is 2. The molecule has 0 amide bonds. The number of rotatable bonds is 3. The highest BCUT2D eigenvalue weighted by Gasteiger charge is 2.08. The van der Waals surface area contributed by atoms with E-state index >= 15 is 0 Å². The van der Waals surface area contributed by atoms with Gasteiger partial charge in [-0.15, -0.1) is 0 Å². The van der Waals surface area contributed by atoms with E-state index in [0.717, 1.165) is 16.9 Å². The van der Waals surface area contributed by atoms with Gasteiger partial charge < -0.3 is 9.84 Å². The van der Waals surface area contributed by atoms with E-state index in [0.29, 0.717) is 11.7 Å². The van der Waals surface area contributed by atoms with Crippen LogP contribution in [0.2, 0.25) is 0 Å². The summed E-state index contributed by atoms with van der Waals surface area (Å²) in [6.45, 7) is 4.28. The molecule has 18 heavy (non-hydrogen) atoms. The van der Waals surface area contributed by atoms with E-state index in [-0.39, 0.29) is 0 Å². The van der Waals surface area contributed by atoms with Crippen LogP contribution in [0.1, 0.15) is 25.3 Å². The van der Waals surface area contributed by atoms with E-state index in [2.05, 4.69) is 13.8 Å². The lowest BCUT2D eigenvalue weighted by Gasteiger charge is -2.11. The average Bonchev–Trinajstić information content (AvgIpc) is 2.39. The van der Waals surface area contributed by atoms with Crippen molar-refractivity contribution in [3.8, 4) is 22.6 Å². The molecule has 0 aliphatic carbocycles. The predicted octanol–water partition coefficient (Wildman–Crippen LogP) is 4.19. The van der Waals surface area contributed by atoms with Crippen molar-refractivity contribution < 1.29 is 9.84 Å². The maximum absolute atomic E-state index is 9.99. The van der Waals surface area contributed by atoms with E-state index in [1.165, 1.54) is 5.56 Å². The van der Waals surface area contributed by atoms with Crippen molar-refractivity contribution in [3.05, 3.63) is 48.0 Å². The molecule has 0 aromatic heterocycles. The van der Waals surface area contributed by atoms with Crippen LogP contribution in [0.4, 0.5) is 0 Å². The van der Waals surface area contributed by atoms with Gasteiger partial charge in [0.2, 0.25) is 0 Å². The van der Waals surface area contributed by atoms with Crippen molar-refractivity contribution in [2.75, 3.05) is 7.11 Å². The quantitative estimate of drug-likeness (QED) is 0.874.